The van der Waals surface area contributed by atoms with Gasteiger partial charge in [0.05, 0.1) is 6.33 Å². The van der Waals surface area contributed by atoms with E-state index in [1.54, 1.807) is 0 Å². The molecule has 3 N–H and O–H groups in total. The van der Waals surface area contributed by atoms with Crippen molar-refractivity contribution >= 4 is 28.8 Å². The van der Waals surface area contributed by atoms with Gasteiger partial charge in [0.1, 0.15) is 5.52 Å². The van der Waals surface area contributed by atoms with Crippen molar-refractivity contribution in [3.63, 3.8) is 0 Å². The summed E-state index contributed by atoms with van der Waals surface area (Å²) in [5, 5.41) is 0. The Morgan fingerprint density at radius 3 is 2.66 bits per heavy atom. The number of allylic oxidation sites excluding steroid dienone is 1. The largest absolute Gasteiger partial charge is 0.382 e. The molecule has 4 rings (SSSR count). The minimum atomic E-state index is -0.859. The summed E-state index contributed by atoms with van der Waals surface area (Å²) in [5.41, 5.74) is 12.7. The molecule has 0 aliphatic carbocycles. The van der Waals surface area contributed by atoms with E-state index in [9.17, 15) is 4.39 Å². The van der Waals surface area contributed by atoms with E-state index in [2.05, 4.69) is 76.5 Å². The average molecular weight is 394 g/mol. The molecule has 1 aliphatic heterocycles. The Morgan fingerprint density at radius 1 is 1.17 bits per heavy atom. The molecule has 3 heterocycles. The summed E-state index contributed by atoms with van der Waals surface area (Å²) in [4.78, 5) is 15.5. The van der Waals surface area contributed by atoms with Crippen molar-refractivity contribution in [2.75, 3.05) is 12.3 Å². The summed E-state index contributed by atoms with van der Waals surface area (Å²) in [6.07, 6.45) is 6.14. The lowest BCUT2D eigenvalue weighted by Gasteiger charge is -2.34. The van der Waals surface area contributed by atoms with Crippen LogP contribution in [0.15, 0.2) is 36.8 Å². The van der Waals surface area contributed by atoms with Crippen LogP contribution in [-0.2, 0) is 6.42 Å². The smallest absolute Gasteiger partial charge is 0.312 e. The number of imidazole rings is 1. The maximum Gasteiger partial charge on any atom is 0.312 e. The Hall–Kier alpha value is -3.22. The number of nitrogens with two attached hydrogens (primary N) is 1. The van der Waals surface area contributed by atoms with Gasteiger partial charge in [-0.3, -0.25) is 0 Å². The number of halogens is 1. The van der Waals surface area contributed by atoms with Gasteiger partial charge in [-0.25, -0.2) is 4.98 Å². The lowest BCUT2D eigenvalue weighted by atomic mass is 9.92. The minimum Gasteiger partial charge on any atom is -0.382 e. The van der Waals surface area contributed by atoms with E-state index in [-0.39, 0.29) is 11.5 Å². The highest BCUT2D eigenvalue weighted by Gasteiger charge is 2.21. The zero-order valence-electron chi connectivity index (χ0n) is 17.2. The van der Waals surface area contributed by atoms with Crippen molar-refractivity contribution < 1.29 is 4.39 Å². The van der Waals surface area contributed by atoms with E-state index < -0.39 is 6.08 Å². The number of nitrogen functional groups attached to an aromatic ring is 1. The quantitative estimate of drug-likeness (QED) is 0.623. The molecule has 0 radical (unpaired) electrons. The first kappa shape index (κ1) is 20.5. The van der Waals surface area contributed by atoms with Gasteiger partial charge < -0.3 is 15.6 Å². The van der Waals surface area contributed by atoms with E-state index in [4.69, 9.17) is 5.73 Å². The first-order chi connectivity index (χ1) is 14.0. The normalized spacial score (nSPS) is 13.0. The number of fused-ring (bicyclic) bond motifs is 2. The van der Waals surface area contributed by atoms with Crippen LogP contribution >= 0.6 is 0 Å². The fraction of sp³-hybridized carbons (Fsp3) is 0.318. The number of H-pyrrole nitrogens is 1. The van der Waals surface area contributed by atoms with Gasteiger partial charge in [-0.05, 0) is 36.5 Å². The number of benzene rings is 1. The second-order valence-electron chi connectivity index (χ2n) is 6.80. The first-order valence-electron chi connectivity index (χ1n) is 9.91. The highest BCUT2D eigenvalue weighted by Crippen LogP contribution is 2.35. The van der Waals surface area contributed by atoms with Crippen molar-refractivity contribution in [2.24, 2.45) is 0 Å². The van der Waals surface area contributed by atoms with Crippen LogP contribution in [0.4, 0.5) is 10.2 Å². The number of aromatic nitrogens is 4. The Labute approximate surface area is 170 Å². The van der Waals surface area contributed by atoms with Crippen molar-refractivity contribution in [3.05, 3.63) is 59.6 Å². The van der Waals surface area contributed by atoms with Crippen LogP contribution < -0.4 is 5.73 Å². The minimum absolute atomic E-state index is 0.0741. The number of nitrogens with zero attached hydrogens (tertiary/aromatic N) is 4. The van der Waals surface area contributed by atoms with Gasteiger partial charge >= 0.3 is 6.08 Å². The summed E-state index contributed by atoms with van der Waals surface area (Å²) >= 11 is 0. The molecule has 0 fully saturated rings. The zero-order chi connectivity index (χ0) is 21.0. The monoisotopic (exact) mass is 394 g/mol. The molecule has 152 valence electrons. The maximum atomic E-state index is 12.4. The number of hydrogen-bond donors (Lipinski definition) is 2. The standard InChI is InChI=1S/C17H23N.C5H4FN5/c1-5-11-18-13(4)17-14(6-2)9-8-10-15(17)12-16(18)7-3;6-5-10-3(7)2-4(11-5)9-1-8-2/h8-10,12H,4-7,11H2,1-3H3;1H,(H3,7,8,9,10,11). The second kappa shape index (κ2) is 8.86. The van der Waals surface area contributed by atoms with Gasteiger partial charge in [-0.15, -0.1) is 0 Å². The van der Waals surface area contributed by atoms with E-state index in [0.717, 1.165) is 25.8 Å². The molecule has 2 aromatic heterocycles. The average Bonchev–Trinajstić information content (AvgIpc) is 3.18. The third-order valence-corrected chi connectivity index (χ3v) is 4.94. The van der Waals surface area contributed by atoms with Crippen molar-refractivity contribution in [1.29, 1.82) is 0 Å². The van der Waals surface area contributed by atoms with Crippen LogP contribution in [0.5, 0.6) is 0 Å². The van der Waals surface area contributed by atoms with Crippen LogP contribution in [0, 0.1) is 6.08 Å². The summed E-state index contributed by atoms with van der Waals surface area (Å²) in [6.45, 7) is 12.1. The third kappa shape index (κ3) is 4.13. The lowest BCUT2D eigenvalue weighted by molar-refractivity contribution is 0.471. The molecular formula is C22H27FN6. The number of rotatable bonds is 4. The number of aryl methyl sites for hydroxylation is 1. The Balaban J connectivity index is 0.000000186. The summed E-state index contributed by atoms with van der Waals surface area (Å²) in [5.74, 6) is 0.0741. The predicted octanol–water partition coefficient (Wildman–Crippen LogP) is 4.77. The first-order valence-corrected chi connectivity index (χ1v) is 9.91. The van der Waals surface area contributed by atoms with Crippen molar-refractivity contribution in [1.82, 2.24) is 24.8 Å². The topological polar surface area (TPSA) is 83.7 Å². The summed E-state index contributed by atoms with van der Waals surface area (Å²) < 4.78 is 12.4. The van der Waals surface area contributed by atoms with Gasteiger partial charge in [0.25, 0.3) is 0 Å². The molecule has 0 saturated heterocycles. The molecule has 7 heteroatoms. The molecule has 1 aliphatic rings. The highest BCUT2D eigenvalue weighted by atomic mass is 19.1. The van der Waals surface area contributed by atoms with E-state index in [1.165, 1.54) is 34.4 Å². The fourth-order valence-electron chi connectivity index (χ4n) is 3.58. The van der Waals surface area contributed by atoms with Gasteiger partial charge in [-0.2, -0.15) is 14.4 Å². The Kier molecular flexibility index (Phi) is 6.26. The van der Waals surface area contributed by atoms with Gasteiger partial charge in [0.15, 0.2) is 11.5 Å². The molecule has 0 amide bonds. The van der Waals surface area contributed by atoms with Crippen molar-refractivity contribution in [2.45, 2.75) is 40.0 Å². The van der Waals surface area contributed by atoms with Crippen LogP contribution in [0.2, 0.25) is 0 Å². The van der Waals surface area contributed by atoms with Crippen LogP contribution in [-0.4, -0.2) is 31.4 Å². The van der Waals surface area contributed by atoms with Crippen molar-refractivity contribution in [3.8, 4) is 0 Å². The Bertz CT molecular complexity index is 1050. The Morgan fingerprint density at radius 2 is 1.97 bits per heavy atom. The van der Waals surface area contributed by atoms with Crippen LogP contribution in [0.1, 0.15) is 50.3 Å². The molecule has 29 heavy (non-hydrogen) atoms. The van der Waals surface area contributed by atoms with E-state index >= 15 is 0 Å². The molecule has 0 atom stereocenters. The van der Waals surface area contributed by atoms with E-state index in [0.29, 0.717) is 5.52 Å². The summed E-state index contributed by atoms with van der Waals surface area (Å²) in [6, 6.07) is 6.59. The van der Waals surface area contributed by atoms with Crippen LogP contribution in [0.3, 0.4) is 0 Å². The molecule has 6 nitrogen and oxygen atoms in total. The number of aromatic amines is 1. The molecular weight excluding hydrogens is 367 g/mol. The maximum absolute atomic E-state index is 12.4. The molecule has 1 aromatic carbocycles. The number of nitrogens with one attached hydrogen (secondary N) is 1. The molecule has 0 bridgehead atoms. The third-order valence-electron chi connectivity index (χ3n) is 4.94. The summed E-state index contributed by atoms with van der Waals surface area (Å²) in [7, 11) is 0. The highest BCUT2D eigenvalue weighted by molar-refractivity contribution is 5.81. The SMILES string of the molecule is C=C1c2c(cccc2CC)C=C(CC)N1CCC.Nc1nc(F)nc2nc[nH]c12. The number of hydrogen-bond acceptors (Lipinski definition) is 5. The lowest BCUT2D eigenvalue weighted by Crippen LogP contribution is -2.25. The molecule has 0 unspecified atom stereocenters. The van der Waals surface area contributed by atoms with Gasteiger partial charge in [-0.1, -0.05) is 45.5 Å². The van der Waals surface area contributed by atoms with Gasteiger partial charge in [0.2, 0.25) is 0 Å². The zero-order valence-corrected chi connectivity index (χ0v) is 17.2. The molecule has 0 saturated carbocycles. The number of anilines is 1. The second-order valence-corrected chi connectivity index (χ2v) is 6.80. The molecule has 3 aromatic rings. The van der Waals surface area contributed by atoms with E-state index in [1.807, 2.05) is 0 Å². The molecule has 0 spiro atoms. The fourth-order valence-corrected chi connectivity index (χ4v) is 3.58. The van der Waals surface area contributed by atoms with Gasteiger partial charge in [0, 0.05) is 23.5 Å². The predicted molar refractivity (Wildman–Crippen MR) is 116 cm³/mol. The van der Waals surface area contributed by atoms with Crippen LogP contribution in [0.25, 0.3) is 22.9 Å².